The standard InChI is InChI=1S/C16H23NO3.C12H16O/c1-16(2,3)20-15(19)17-13(18)9-11-8-10-6-4-5-7-12(10)14(11)17;13-10-6-9-5-8-3-1-2-4-11(8)12(9)7-10/h7,10-11,14H,4-6,8-9H2,1-3H3;4,8-9,12H,1-3,5-7H2/t10-,11+,14-;8-,9+,12-/m00/s1. The second kappa shape index (κ2) is 8.70. The Kier molecular flexibility index (Phi) is 6.03. The van der Waals surface area contributed by atoms with Crippen LogP contribution in [0, 0.1) is 29.6 Å². The van der Waals surface area contributed by atoms with Gasteiger partial charge in [-0.1, -0.05) is 17.7 Å². The van der Waals surface area contributed by atoms with E-state index in [2.05, 4.69) is 12.2 Å². The Labute approximate surface area is 198 Å². The third-order valence-corrected chi connectivity index (χ3v) is 8.69. The topological polar surface area (TPSA) is 63.7 Å². The lowest BCUT2D eigenvalue weighted by molar-refractivity contribution is -0.128. The summed E-state index contributed by atoms with van der Waals surface area (Å²) in [4.78, 5) is 37.2. The number of hydrogen-bond donors (Lipinski definition) is 0. The fourth-order valence-corrected chi connectivity index (χ4v) is 7.52. The predicted molar refractivity (Wildman–Crippen MR) is 126 cm³/mol. The molecule has 0 N–H and O–H groups in total. The lowest BCUT2D eigenvalue weighted by Gasteiger charge is -2.29. The quantitative estimate of drug-likeness (QED) is 0.423. The number of hydrogen-bond acceptors (Lipinski definition) is 4. The number of Topliss-reactive ketones (excluding diaryl/α,β-unsaturated/α-hetero) is 1. The number of amides is 2. The number of imide groups is 1. The molecule has 180 valence electrons. The lowest BCUT2D eigenvalue weighted by atomic mass is 9.86. The highest BCUT2D eigenvalue weighted by atomic mass is 16.6. The van der Waals surface area contributed by atoms with Crippen LogP contribution in [-0.2, 0) is 14.3 Å². The molecule has 33 heavy (non-hydrogen) atoms. The van der Waals surface area contributed by atoms with Crippen LogP contribution in [-0.4, -0.2) is 34.3 Å². The molecule has 0 unspecified atom stereocenters. The SMILES string of the molecule is CC(C)(C)OC(=O)N1C(=O)C[C@H]2C[C@@H]3CCCC=C3[C@H]21.O=C1C[C@H]2C[C@@H]3CCCC=C3[C@H]2C1. The van der Waals surface area contributed by atoms with Gasteiger partial charge in [0.2, 0.25) is 5.91 Å². The van der Waals surface area contributed by atoms with Crippen molar-refractivity contribution in [3.05, 3.63) is 23.3 Å². The first-order valence-electron chi connectivity index (χ1n) is 13.2. The van der Waals surface area contributed by atoms with E-state index in [-0.39, 0.29) is 11.9 Å². The van der Waals surface area contributed by atoms with E-state index in [9.17, 15) is 14.4 Å². The van der Waals surface area contributed by atoms with Gasteiger partial charge in [-0.2, -0.15) is 0 Å². The second-order valence-electron chi connectivity index (χ2n) is 12.1. The fourth-order valence-electron chi connectivity index (χ4n) is 7.52. The van der Waals surface area contributed by atoms with Crippen LogP contribution in [0.1, 0.15) is 91.4 Å². The molecule has 5 nitrogen and oxygen atoms in total. The van der Waals surface area contributed by atoms with Crippen molar-refractivity contribution >= 4 is 17.8 Å². The summed E-state index contributed by atoms with van der Waals surface area (Å²) in [5.74, 6) is 3.62. The van der Waals surface area contributed by atoms with Crippen molar-refractivity contribution in [1.82, 2.24) is 4.90 Å². The molecule has 6 rings (SSSR count). The van der Waals surface area contributed by atoms with Crippen molar-refractivity contribution in [2.45, 2.75) is 103 Å². The Morgan fingerprint density at radius 1 is 0.909 bits per heavy atom. The van der Waals surface area contributed by atoms with E-state index in [4.69, 9.17) is 4.74 Å². The molecule has 6 atom stereocenters. The Morgan fingerprint density at radius 2 is 1.55 bits per heavy atom. The van der Waals surface area contributed by atoms with Gasteiger partial charge in [0.1, 0.15) is 11.4 Å². The van der Waals surface area contributed by atoms with Crippen LogP contribution in [0.4, 0.5) is 4.79 Å². The number of likely N-dealkylation sites (tertiary alicyclic amines) is 1. The van der Waals surface area contributed by atoms with E-state index in [1.165, 1.54) is 49.0 Å². The summed E-state index contributed by atoms with van der Waals surface area (Å²) in [7, 11) is 0. The van der Waals surface area contributed by atoms with E-state index in [0.717, 1.165) is 37.5 Å². The fraction of sp³-hybridized carbons (Fsp3) is 0.750. The van der Waals surface area contributed by atoms with Crippen LogP contribution in [0.3, 0.4) is 0 Å². The summed E-state index contributed by atoms with van der Waals surface area (Å²) in [6, 6.07) is -0.0253. The first kappa shape index (κ1) is 22.9. The van der Waals surface area contributed by atoms with Gasteiger partial charge in [0.25, 0.3) is 0 Å². The highest BCUT2D eigenvalue weighted by molar-refractivity contribution is 5.95. The molecule has 1 heterocycles. The van der Waals surface area contributed by atoms with Crippen LogP contribution in [0.15, 0.2) is 23.3 Å². The highest BCUT2D eigenvalue weighted by Gasteiger charge is 2.52. The summed E-state index contributed by atoms with van der Waals surface area (Å²) >= 11 is 0. The Bertz CT molecular complexity index is 894. The normalized spacial score (nSPS) is 36.8. The molecule has 0 aromatic heterocycles. The average Bonchev–Trinajstić information content (AvgIpc) is 3.44. The molecular formula is C28H39NO4. The molecular weight excluding hydrogens is 414 g/mol. The molecule has 5 aliphatic carbocycles. The molecule has 0 bridgehead atoms. The van der Waals surface area contributed by atoms with Crippen LogP contribution in [0.2, 0.25) is 0 Å². The highest BCUT2D eigenvalue weighted by Crippen LogP contribution is 2.52. The summed E-state index contributed by atoms with van der Waals surface area (Å²) in [5, 5.41) is 0. The Hall–Kier alpha value is -1.91. The van der Waals surface area contributed by atoms with Gasteiger partial charge < -0.3 is 4.74 Å². The number of carbonyl (C=O) groups excluding carboxylic acids is 3. The predicted octanol–water partition coefficient (Wildman–Crippen LogP) is 5.98. The minimum absolute atomic E-state index is 0.0253. The number of allylic oxidation sites excluding steroid dienone is 3. The van der Waals surface area contributed by atoms with E-state index < -0.39 is 11.7 Å². The first-order chi connectivity index (χ1) is 15.7. The van der Waals surface area contributed by atoms with E-state index in [1.54, 1.807) is 5.57 Å². The first-order valence-corrected chi connectivity index (χ1v) is 13.2. The van der Waals surface area contributed by atoms with Crippen molar-refractivity contribution in [3.8, 4) is 0 Å². The largest absolute Gasteiger partial charge is 0.443 e. The Morgan fingerprint density at radius 3 is 2.24 bits per heavy atom. The second-order valence-corrected chi connectivity index (χ2v) is 12.1. The molecule has 3 saturated carbocycles. The Balaban J connectivity index is 0.000000151. The van der Waals surface area contributed by atoms with Gasteiger partial charge in [-0.25, -0.2) is 9.69 Å². The van der Waals surface area contributed by atoms with Crippen LogP contribution >= 0.6 is 0 Å². The van der Waals surface area contributed by atoms with Gasteiger partial charge in [-0.3, -0.25) is 9.59 Å². The number of fused-ring (bicyclic) bond motifs is 6. The zero-order valence-electron chi connectivity index (χ0n) is 20.5. The van der Waals surface area contributed by atoms with Crippen molar-refractivity contribution in [1.29, 1.82) is 0 Å². The summed E-state index contributed by atoms with van der Waals surface area (Å²) in [5.41, 5.74) is 2.43. The van der Waals surface area contributed by atoms with E-state index >= 15 is 0 Å². The number of rotatable bonds is 0. The van der Waals surface area contributed by atoms with Crippen molar-refractivity contribution in [2.24, 2.45) is 29.6 Å². The molecule has 4 fully saturated rings. The summed E-state index contributed by atoms with van der Waals surface area (Å²) < 4.78 is 5.42. The van der Waals surface area contributed by atoms with Gasteiger partial charge >= 0.3 is 6.09 Å². The zero-order chi connectivity index (χ0) is 23.3. The van der Waals surface area contributed by atoms with Crippen LogP contribution in [0.5, 0.6) is 0 Å². The van der Waals surface area contributed by atoms with Crippen molar-refractivity contribution in [3.63, 3.8) is 0 Å². The van der Waals surface area contributed by atoms with E-state index in [0.29, 0.717) is 30.0 Å². The number of carbonyl (C=O) groups is 3. The molecule has 0 aromatic rings. The van der Waals surface area contributed by atoms with E-state index in [1.807, 2.05) is 20.8 Å². The number of nitrogens with zero attached hydrogens (tertiary/aromatic N) is 1. The minimum atomic E-state index is -0.561. The molecule has 0 radical (unpaired) electrons. The average molecular weight is 454 g/mol. The van der Waals surface area contributed by atoms with Crippen LogP contribution in [0.25, 0.3) is 0 Å². The molecule has 2 amide bonds. The maximum atomic E-state index is 12.3. The van der Waals surface area contributed by atoms with Gasteiger partial charge in [-0.15, -0.1) is 0 Å². The van der Waals surface area contributed by atoms with Gasteiger partial charge in [0, 0.05) is 19.3 Å². The van der Waals surface area contributed by atoms with Crippen LogP contribution < -0.4 is 0 Å². The van der Waals surface area contributed by atoms with Crippen molar-refractivity contribution in [2.75, 3.05) is 0 Å². The molecule has 0 spiro atoms. The van der Waals surface area contributed by atoms with Gasteiger partial charge in [0.15, 0.2) is 0 Å². The maximum absolute atomic E-state index is 12.3. The third kappa shape index (κ3) is 4.44. The summed E-state index contributed by atoms with van der Waals surface area (Å²) in [6.07, 6.45) is 16.4. The van der Waals surface area contributed by atoms with Crippen molar-refractivity contribution < 1.29 is 19.1 Å². The third-order valence-electron chi connectivity index (χ3n) is 8.69. The summed E-state index contributed by atoms with van der Waals surface area (Å²) in [6.45, 7) is 5.50. The number of ketones is 1. The minimum Gasteiger partial charge on any atom is -0.443 e. The molecule has 1 saturated heterocycles. The monoisotopic (exact) mass is 453 g/mol. The van der Waals surface area contributed by atoms with Gasteiger partial charge in [-0.05, 0) is 107 Å². The molecule has 1 aliphatic heterocycles. The molecule has 0 aromatic carbocycles. The smallest absolute Gasteiger partial charge is 0.417 e. The molecule has 6 aliphatic rings. The number of ether oxygens (including phenoxy) is 1. The maximum Gasteiger partial charge on any atom is 0.417 e. The molecule has 5 heteroatoms. The van der Waals surface area contributed by atoms with Gasteiger partial charge in [0.05, 0.1) is 6.04 Å². The lowest BCUT2D eigenvalue weighted by Crippen LogP contribution is -2.43. The zero-order valence-corrected chi connectivity index (χ0v) is 20.5.